The van der Waals surface area contributed by atoms with Crippen LogP contribution in [0.5, 0.6) is 0 Å². The van der Waals surface area contributed by atoms with Crippen LogP contribution in [0.1, 0.15) is 22.5 Å². The van der Waals surface area contributed by atoms with Crippen molar-refractivity contribution in [3.05, 3.63) is 16.3 Å². The van der Waals surface area contributed by atoms with Crippen molar-refractivity contribution in [2.75, 3.05) is 27.2 Å². The molecular formula is C12H19N3O3S2. The molecule has 0 spiro atoms. The topological polar surface area (TPSA) is 78.5 Å². The van der Waals surface area contributed by atoms with E-state index in [0.29, 0.717) is 17.5 Å². The van der Waals surface area contributed by atoms with E-state index in [1.807, 2.05) is 7.05 Å². The van der Waals surface area contributed by atoms with Gasteiger partial charge in [0, 0.05) is 24.5 Å². The summed E-state index contributed by atoms with van der Waals surface area (Å²) in [5.41, 5.74) is 0. The second kappa shape index (κ2) is 6.21. The average molecular weight is 317 g/mol. The van der Waals surface area contributed by atoms with Crippen molar-refractivity contribution < 1.29 is 13.2 Å². The lowest BCUT2D eigenvalue weighted by Gasteiger charge is -2.32. The van der Waals surface area contributed by atoms with E-state index in [2.05, 4.69) is 10.0 Å². The Morgan fingerprint density at radius 3 is 2.85 bits per heavy atom. The van der Waals surface area contributed by atoms with Crippen molar-refractivity contribution >= 4 is 27.3 Å². The monoisotopic (exact) mass is 317 g/mol. The van der Waals surface area contributed by atoms with Crippen molar-refractivity contribution in [1.82, 2.24) is 14.9 Å². The number of hydrogen-bond donors (Lipinski definition) is 2. The van der Waals surface area contributed by atoms with E-state index in [1.165, 1.54) is 29.8 Å². The maximum Gasteiger partial charge on any atom is 0.264 e. The van der Waals surface area contributed by atoms with Gasteiger partial charge in [0.2, 0.25) is 10.0 Å². The molecule has 0 saturated carbocycles. The molecule has 20 heavy (non-hydrogen) atoms. The van der Waals surface area contributed by atoms with Crippen LogP contribution in [0.3, 0.4) is 0 Å². The third-order valence-corrected chi connectivity index (χ3v) is 5.94. The molecule has 2 rings (SSSR count). The lowest BCUT2D eigenvalue weighted by atomic mass is 10.1. The Balaban J connectivity index is 2.14. The molecule has 0 aromatic carbocycles. The van der Waals surface area contributed by atoms with E-state index in [0.717, 1.165) is 19.4 Å². The number of hydrogen-bond acceptors (Lipinski definition) is 5. The van der Waals surface area contributed by atoms with Crippen molar-refractivity contribution in [3.63, 3.8) is 0 Å². The number of carbonyl (C=O) groups excluding carboxylic acids is 1. The summed E-state index contributed by atoms with van der Waals surface area (Å²) in [6.07, 6.45) is 2.02. The number of nitrogens with one attached hydrogen (secondary N) is 2. The van der Waals surface area contributed by atoms with Gasteiger partial charge in [-0.3, -0.25) is 4.79 Å². The molecule has 1 aliphatic heterocycles. The highest BCUT2D eigenvalue weighted by Gasteiger charge is 2.25. The zero-order valence-electron chi connectivity index (χ0n) is 11.5. The molecule has 0 unspecified atom stereocenters. The third kappa shape index (κ3) is 3.20. The van der Waals surface area contributed by atoms with Crippen LogP contribution in [0.15, 0.2) is 16.3 Å². The fourth-order valence-electron chi connectivity index (χ4n) is 2.24. The van der Waals surface area contributed by atoms with Gasteiger partial charge in [-0.1, -0.05) is 0 Å². The van der Waals surface area contributed by atoms with Gasteiger partial charge in [-0.25, -0.2) is 13.1 Å². The second-order valence-corrected chi connectivity index (χ2v) is 7.53. The van der Waals surface area contributed by atoms with Gasteiger partial charge in [0.25, 0.3) is 5.91 Å². The number of thiophene rings is 1. The van der Waals surface area contributed by atoms with Gasteiger partial charge in [0.05, 0.1) is 9.77 Å². The van der Waals surface area contributed by atoms with Gasteiger partial charge in [0.15, 0.2) is 0 Å². The SMILES string of the molecule is CN[C@@H]1CCCN(C(=O)c2cc(S(=O)(=O)NC)cs2)C1. The van der Waals surface area contributed by atoms with Crippen LogP contribution in [0, 0.1) is 0 Å². The number of piperidine rings is 1. The Labute approximate surface area is 123 Å². The van der Waals surface area contributed by atoms with Crippen molar-refractivity contribution in [1.29, 1.82) is 0 Å². The molecule has 1 aliphatic rings. The average Bonchev–Trinajstić information content (AvgIpc) is 2.97. The van der Waals surface area contributed by atoms with E-state index in [-0.39, 0.29) is 10.8 Å². The summed E-state index contributed by atoms with van der Waals surface area (Å²) in [6.45, 7) is 1.39. The van der Waals surface area contributed by atoms with Gasteiger partial charge in [-0.2, -0.15) is 0 Å². The molecule has 1 fully saturated rings. The number of nitrogens with zero attached hydrogens (tertiary/aromatic N) is 1. The molecule has 0 aliphatic carbocycles. The molecule has 2 N–H and O–H groups in total. The van der Waals surface area contributed by atoms with Gasteiger partial charge < -0.3 is 10.2 Å². The number of carbonyl (C=O) groups is 1. The second-order valence-electron chi connectivity index (χ2n) is 4.73. The Hall–Kier alpha value is -0.960. The van der Waals surface area contributed by atoms with Crippen LogP contribution < -0.4 is 10.0 Å². The summed E-state index contributed by atoms with van der Waals surface area (Å²) in [7, 11) is -0.232. The molecule has 0 radical (unpaired) electrons. The van der Waals surface area contributed by atoms with Crippen molar-refractivity contribution in [2.24, 2.45) is 0 Å². The first kappa shape index (κ1) is 15.4. The minimum atomic E-state index is -3.48. The van der Waals surface area contributed by atoms with Gasteiger partial charge in [0.1, 0.15) is 0 Å². The molecule has 1 atom stereocenters. The Morgan fingerprint density at radius 1 is 1.45 bits per heavy atom. The summed E-state index contributed by atoms with van der Waals surface area (Å²) >= 11 is 1.17. The summed E-state index contributed by atoms with van der Waals surface area (Å²) in [5.74, 6) is -0.0903. The zero-order chi connectivity index (χ0) is 14.8. The maximum atomic E-state index is 12.4. The van der Waals surface area contributed by atoms with E-state index >= 15 is 0 Å². The highest BCUT2D eigenvalue weighted by molar-refractivity contribution is 7.89. The van der Waals surface area contributed by atoms with E-state index in [4.69, 9.17) is 0 Å². The van der Waals surface area contributed by atoms with Crippen LogP contribution >= 0.6 is 11.3 Å². The largest absolute Gasteiger partial charge is 0.336 e. The lowest BCUT2D eigenvalue weighted by molar-refractivity contribution is 0.0703. The molecule has 8 heteroatoms. The zero-order valence-corrected chi connectivity index (χ0v) is 13.2. The van der Waals surface area contributed by atoms with Gasteiger partial charge >= 0.3 is 0 Å². The lowest BCUT2D eigenvalue weighted by Crippen LogP contribution is -2.46. The molecule has 6 nitrogen and oxygen atoms in total. The van der Waals surface area contributed by atoms with Crippen LogP contribution in [0.4, 0.5) is 0 Å². The van der Waals surface area contributed by atoms with Crippen LogP contribution in [-0.4, -0.2) is 52.5 Å². The molecule has 2 heterocycles. The first-order chi connectivity index (χ1) is 9.47. The molecule has 112 valence electrons. The first-order valence-corrected chi connectivity index (χ1v) is 8.83. The third-order valence-electron chi connectivity index (χ3n) is 3.48. The highest BCUT2D eigenvalue weighted by Crippen LogP contribution is 2.22. The van der Waals surface area contributed by atoms with E-state index in [9.17, 15) is 13.2 Å². The molecule has 1 saturated heterocycles. The first-order valence-electron chi connectivity index (χ1n) is 6.46. The van der Waals surface area contributed by atoms with E-state index < -0.39 is 10.0 Å². The Bertz CT molecular complexity index is 583. The van der Waals surface area contributed by atoms with Crippen LogP contribution in [-0.2, 0) is 10.0 Å². The quantitative estimate of drug-likeness (QED) is 0.847. The molecule has 1 amide bonds. The maximum absolute atomic E-state index is 12.4. The predicted molar refractivity (Wildman–Crippen MR) is 78.5 cm³/mol. The summed E-state index contributed by atoms with van der Waals surface area (Å²) in [6, 6.07) is 1.76. The minimum Gasteiger partial charge on any atom is -0.336 e. The van der Waals surface area contributed by atoms with E-state index in [1.54, 1.807) is 4.90 Å². The number of likely N-dealkylation sites (N-methyl/N-ethyl adjacent to an activating group) is 1. The molecular weight excluding hydrogens is 298 g/mol. The Morgan fingerprint density at radius 2 is 2.20 bits per heavy atom. The molecule has 0 bridgehead atoms. The summed E-state index contributed by atoms with van der Waals surface area (Å²) < 4.78 is 25.6. The van der Waals surface area contributed by atoms with Gasteiger partial charge in [-0.15, -0.1) is 11.3 Å². The number of amides is 1. The predicted octanol–water partition coefficient (Wildman–Crippen LogP) is 0.480. The smallest absolute Gasteiger partial charge is 0.264 e. The molecule has 1 aromatic heterocycles. The number of sulfonamides is 1. The fraction of sp³-hybridized carbons (Fsp3) is 0.583. The van der Waals surface area contributed by atoms with Crippen LogP contribution in [0.2, 0.25) is 0 Å². The number of likely N-dealkylation sites (tertiary alicyclic amines) is 1. The van der Waals surface area contributed by atoms with Crippen molar-refractivity contribution in [2.45, 2.75) is 23.8 Å². The van der Waals surface area contributed by atoms with Gasteiger partial charge in [-0.05, 0) is 33.0 Å². The number of rotatable bonds is 4. The molecule has 1 aromatic rings. The van der Waals surface area contributed by atoms with Crippen molar-refractivity contribution in [3.8, 4) is 0 Å². The fourth-order valence-corrected chi connectivity index (χ4v) is 4.21. The van der Waals surface area contributed by atoms with Crippen LogP contribution in [0.25, 0.3) is 0 Å². The minimum absolute atomic E-state index is 0.0903. The standard InChI is InChI=1S/C12H19N3O3S2/c1-13-9-4-3-5-15(7-9)12(16)11-6-10(8-19-11)20(17,18)14-2/h6,8-9,13-14H,3-5,7H2,1-2H3/t9-/m1/s1. The highest BCUT2D eigenvalue weighted by atomic mass is 32.2. The normalized spacial score (nSPS) is 20.1. The summed E-state index contributed by atoms with van der Waals surface area (Å²) in [4.78, 5) is 14.8. The Kier molecular flexibility index (Phi) is 4.79. The summed E-state index contributed by atoms with van der Waals surface area (Å²) in [5, 5.41) is 4.68.